The molecule has 1 saturated heterocycles. The maximum absolute atomic E-state index is 13.9. The Balaban J connectivity index is 2.07. The maximum Gasteiger partial charge on any atom is 0.150 e. The Morgan fingerprint density at radius 3 is 2.50 bits per heavy atom. The minimum Gasteiger partial charge on any atom is -0.369 e. The minimum atomic E-state index is -0.289. The first kappa shape index (κ1) is 13.1. The summed E-state index contributed by atoms with van der Waals surface area (Å²) in [5.74, 6) is 1.16. The van der Waals surface area contributed by atoms with Crippen molar-refractivity contribution in [1.29, 1.82) is 0 Å². The largest absolute Gasteiger partial charge is 0.369 e. The summed E-state index contributed by atoms with van der Waals surface area (Å²) >= 11 is 0. The first-order valence-electron chi connectivity index (χ1n) is 6.61. The van der Waals surface area contributed by atoms with Crippen LogP contribution in [0.2, 0.25) is 0 Å². The molecule has 0 aromatic heterocycles. The summed E-state index contributed by atoms with van der Waals surface area (Å²) in [6.45, 7) is 6.31. The number of aldehydes is 1. The second kappa shape index (κ2) is 5.51. The summed E-state index contributed by atoms with van der Waals surface area (Å²) in [6.07, 6.45) is 2.91. The number of hydrogen-bond donors (Lipinski definition) is 0. The van der Waals surface area contributed by atoms with E-state index < -0.39 is 0 Å². The van der Waals surface area contributed by atoms with Gasteiger partial charge in [0.05, 0.1) is 5.69 Å². The van der Waals surface area contributed by atoms with E-state index >= 15 is 0 Å². The average Bonchev–Trinajstić information content (AvgIpc) is 2.38. The van der Waals surface area contributed by atoms with Crippen molar-refractivity contribution in [2.45, 2.75) is 26.7 Å². The van der Waals surface area contributed by atoms with Crippen LogP contribution in [0.25, 0.3) is 0 Å². The highest BCUT2D eigenvalue weighted by Crippen LogP contribution is 2.29. The fraction of sp³-hybridized carbons (Fsp3) is 0.533. The minimum absolute atomic E-state index is 0.289. The summed E-state index contributed by atoms with van der Waals surface area (Å²) in [7, 11) is 0. The second-order valence-electron chi connectivity index (χ2n) is 5.40. The molecule has 0 saturated carbocycles. The number of rotatable bonds is 3. The second-order valence-corrected chi connectivity index (χ2v) is 5.40. The van der Waals surface area contributed by atoms with Crippen molar-refractivity contribution < 1.29 is 9.18 Å². The fourth-order valence-electron chi connectivity index (χ4n) is 2.66. The lowest BCUT2D eigenvalue weighted by atomic mass is 9.86. The highest BCUT2D eigenvalue weighted by molar-refractivity contribution is 5.76. The normalized spacial score (nSPS) is 17.2. The Bertz CT molecular complexity index is 423. The Labute approximate surface area is 108 Å². The van der Waals surface area contributed by atoms with Crippen LogP contribution in [0, 0.1) is 17.7 Å². The van der Waals surface area contributed by atoms with Crippen molar-refractivity contribution in [3.63, 3.8) is 0 Å². The van der Waals surface area contributed by atoms with Gasteiger partial charge in [0.25, 0.3) is 0 Å². The first-order chi connectivity index (χ1) is 8.61. The van der Waals surface area contributed by atoms with Crippen LogP contribution in [0.3, 0.4) is 0 Å². The molecule has 2 rings (SSSR count). The van der Waals surface area contributed by atoms with Crippen molar-refractivity contribution in [1.82, 2.24) is 0 Å². The van der Waals surface area contributed by atoms with E-state index in [1.807, 2.05) is 0 Å². The summed E-state index contributed by atoms with van der Waals surface area (Å²) in [5, 5.41) is 0. The van der Waals surface area contributed by atoms with Gasteiger partial charge in [-0.25, -0.2) is 4.39 Å². The van der Waals surface area contributed by atoms with E-state index in [1.54, 1.807) is 12.1 Å². The number of halogens is 1. The van der Waals surface area contributed by atoms with Gasteiger partial charge in [-0.3, -0.25) is 4.79 Å². The molecule has 0 N–H and O–H groups in total. The van der Waals surface area contributed by atoms with Crippen molar-refractivity contribution in [2.75, 3.05) is 18.0 Å². The predicted octanol–water partition coefficient (Wildman–Crippen LogP) is 3.51. The molecule has 0 aliphatic carbocycles. The predicted molar refractivity (Wildman–Crippen MR) is 71.6 cm³/mol. The van der Waals surface area contributed by atoms with E-state index in [0.717, 1.165) is 31.8 Å². The fourth-order valence-corrected chi connectivity index (χ4v) is 2.66. The molecule has 1 aliphatic rings. The Kier molecular flexibility index (Phi) is 4.00. The number of anilines is 1. The number of benzene rings is 1. The quantitative estimate of drug-likeness (QED) is 0.764. The SMILES string of the molecule is CC(C)C1CCN(c2ccc(C=O)cc2F)CC1. The van der Waals surface area contributed by atoms with E-state index in [9.17, 15) is 9.18 Å². The van der Waals surface area contributed by atoms with Crippen LogP contribution in [-0.4, -0.2) is 19.4 Å². The molecule has 3 heteroatoms. The first-order valence-corrected chi connectivity index (χ1v) is 6.61. The molecule has 0 unspecified atom stereocenters. The molecule has 1 fully saturated rings. The van der Waals surface area contributed by atoms with Gasteiger partial charge in [-0.2, -0.15) is 0 Å². The molecule has 0 spiro atoms. The summed E-state index contributed by atoms with van der Waals surface area (Å²) in [6, 6.07) is 4.71. The molecule has 0 atom stereocenters. The smallest absolute Gasteiger partial charge is 0.150 e. The van der Waals surface area contributed by atoms with Gasteiger partial charge in [-0.15, -0.1) is 0 Å². The van der Waals surface area contributed by atoms with Crippen LogP contribution in [0.1, 0.15) is 37.0 Å². The van der Waals surface area contributed by atoms with E-state index in [1.165, 1.54) is 6.07 Å². The van der Waals surface area contributed by atoms with Crippen LogP contribution in [0.15, 0.2) is 18.2 Å². The topological polar surface area (TPSA) is 20.3 Å². The monoisotopic (exact) mass is 249 g/mol. The van der Waals surface area contributed by atoms with Gasteiger partial charge in [-0.05, 0) is 42.9 Å². The van der Waals surface area contributed by atoms with Gasteiger partial charge in [0.2, 0.25) is 0 Å². The van der Waals surface area contributed by atoms with Gasteiger partial charge in [0, 0.05) is 18.7 Å². The molecule has 1 aliphatic heterocycles. The van der Waals surface area contributed by atoms with Gasteiger partial charge in [0.15, 0.2) is 0 Å². The Hall–Kier alpha value is -1.38. The lowest BCUT2D eigenvalue weighted by molar-refractivity contribution is 0.112. The number of nitrogens with zero attached hydrogens (tertiary/aromatic N) is 1. The number of carbonyl (C=O) groups excluding carboxylic acids is 1. The maximum atomic E-state index is 13.9. The molecule has 1 aromatic rings. The standard InChI is InChI=1S/C15H20FNO/c1-11(2)13-5-7-17(8-6-13)15-4-3-12(10-18)9-14(15)16/h3-4,9-11,13H,5-8H2,1-2H3. The molecule has 0 bridgehead atoms. The van der Waals surface area contributed by atoms with Gasteiger partial charge in [-0.1, -0.05) is 13.8 Å². The molecule has 0 radical (unpaired) electrons. The zero-order valence-electron chi connectivity index (χ0n) is 11.0. The van der Waals surface area contributed by atoms with Crippen LogP contribution < -0.4 is 4.90 Å². The third-order valence-electron chi connectivity index (χ3n) is 3.93. The summed E-state index contributed by atoms with van der Waals surface area (Å²) < 4.78 is 13.9. The molecule has 98 valence electrons. The van der Waals surface area contributed by atoms with Crippen molar-refractivity contribution in [3.05, 3.63) is 29.6 Å². The highest BCUT2D eigenvalue weighted by Gasteiger charge is 2.23. The van der Waals surface area contributed by atoms with E-state index in [0.29, 0.717) is 23.5 Å². The van der Waals surface area contributed by atoms with Crippen molar-refractivity contribution in [3.8, 4) is 0 Å². The van der Waals surface area contributed by atoms with Crippen LogP contribution >= 0.6 is 0 Å². The molecule has 1 heterocycles. The van der Waals surface area contributed by atoms with Crippen molar-refractivity contribution >= 4 is 12.0 Å². The zero-order valence-corrected chi connectivity index (χ0v) is 11.0. The van der Waals surface area contributed by atoms with Crippen LogP contribution in [-0.2, 0) is 0 Å². The van der Waals surface area contributed by atoms with Gasteiger partial charge >= 0.3 is 0 Å². The lowest BCUT2D eigenvalue weighted by Crippen LogP contribution is -2.35. The third-order valence-corrected chi connectivity index (χ3v) is 3.93. The molecule has 2 nitrogen and oxygen atoms in total. The highest BCUT2D eigenvalue weighted by atomic mass is 19.1. The Morgan fingerprint density at radius 2 is 2.00 bits per heavy atom. The third kappa shape index (κ3) is 2.71. The van der Waals surface area contributed by atoms with Gasteiger partial charge in [0.1, 0.15) is 12.1 Å². The number of piperidine rings is 1. The summed E-state index contributed by atoms with van der Waals surface area (Å²) in [4.78, 5) is 12.7. The van der Waals surface area contributed by atoms with E-state index in [4.69, 9.17) is 0 Å². The zero-order chi connectivity index (χ0) is 13.1. The molecular weight excluding hydrogens is 229 g/mol. The van der Waals surface area contributed by atoms with Crippen LogP contribution in [0.4, 0.5) is 10.1 Å². The van der Waals surface area contributed by atoms with Crippen LogP contribution in [0.5, 0.6) is 0 Å². The molecular formula is C15H20FNO. The molecule has 1 aromatic carbocycles. The van der Waals surface area contributed by atoms with Gasteiger partial charge < -0.3 is 4.90 Å². The Morgan fingerprint density at radius 1 is 1.33 bits per heavy atom. The summed E-state index contributed by atoms with van der Waals surface area (Å²) in [5.41, 5.74) is 1.02. The van der Waals surface area contributed by atoms with E-state index in [2.05, 4.69) is 18.7 Å². The average molecular weight is 249 g/mol. The van der Waals surface area contributed by atoms with E-state index in [-0.39, 0.29) is 5.82 Å². The molecule has 18 heavy (non-hydrogen) atoms. The number of carbonyl (C=O) groups is 1. The lowest BCUT2D eigenvalue weighted by Gasteiger charge is -2.35. The van der Waals surface area contributed by atoms with Crippen molar-refractivity contribution in [2.24, 2.45) is 11.8 Å². The molecule has 0 amide bonds. The number of hydrogen-bond acceptors (Lipinski definition) is 2.